The first-order valence-electron chi connectivity index (χ1n) is 13.7. The highest BCUT2D eigenvalue weighted by molar-refractivity contribution is 5.92. The number of nitrogens with one attached hydrogen (secondary N) is 2. The number of aromatic amines is 1. The van der Waals surface area contributed by atoms with Gasteiger partial charge in [-0.3, -0.25) is 14.9 Å². The molecule has 0 radical (unpaired) electrons. The number of urea groups is 1. The maximum atomic E-state index is 13.8. The normalized spacial score (nSPS) is 10.8. The summed E-state index contributed by atoms with van der Waals surface area (Å²) in [6.07, 6.45) is 2.54. The Balaban J connectivity index is 1.54. The molecule has 1 heterocycles. The number of ether oxygens (including phenoxy) is 3. The lowest BCUT2D eigenvalue weighted by Crippen LogP contribution is -2.46. The quantitative estimate of drug-likeness (QED) is 0.158. The van der Waals surface area contributed by atoms with Gasteiger partial charge in [0, 0.05) is 61.7 Å². The van der Waals surface area contributed by atoms with Crippen molar-refractivity contribution in [2.24, 2.45) is 0 Å². The van der Waals surface area contributed by atoms with Crippen LogP contribution in [0.15, 0.2) is 72.9 Å². The second-order valence-electron chi connectivity index (χ2n) is 9.76. The van der Waals surface area contributed by atoms with Crippen molar-refractivity contribution in [1.82, 2.24) is 14.8 Å². The van der Waals surface area contributed by atoms with Crippen molar-refractivity contribution in [3.63, 3.8) is 0 Å². The maximum absolute atomic E-state index is 13.8. The van der Waals surface area contributed by atoms with Gasteiger partial charge in [0.2, 0.25) is 5.91 Å². The lowest BCUT2D eigenvalue weighted by molar-refractivity contribution is -0.384. The third-order valence-corrected chi connectivity index (χ3v) is 7.01. The van der Waals surface area contributed by atoms with Crippen molar-refractivity contribution < 1.29 is 28.7 Å². The van der Waals surface area contributed by atoms with E-state index in [2.05, 4.69) is 10.3 Å². The minimum absolute atomic E-state index is 0.0922. The van der Waals surface area contributed by atoms with E-state index < -0.39 is 11.0 Å². The smallest absolute Gasteiger partial charge is 0.322 e. The fourth-order valence-corrected chi connectivity index (χ4v) is 4.67. The number of nitro benzene ring substituents is 1. The van der Waals surface area contributed by atoms with E-state index in [0.29, 0.717) is 30.2 Å². The zero-order valence-electron chi connectivity index (χ0n) is 24.4. The van der Waals surface area contributed by atoms with Gasteiger partial charge in [0.05, 0.1) is 25.7 Å². The molecule has 0 atom stereocenters. The van der Waals surface area contributed by atoms with Crippen molar-refractivity contribution >= 4 is 34.2 Å². The molecule has 0 aliphatic heterocycles. The Labute approximate surface area is 249 Å². The molecule has 4 rings (SSSR count). The van der Waals surface area contributed by atoms with E-state index >= 15 is 0 Å². The Bertz CT molecular complexity index is 1550. The molecule has 0 aliphatic carbocycles. The molecule has 0 saturated heterocycles. The summed E-state index contributed by atoms with van der Waals surface area (Å²) in [6, 6.07) is 18.4. The van der Waals surface area contributed by atoms with Gasteiger partial charge in [-0.2, -0.15) is 0 Å². The molecule has 3 amide bonds. The summed E-state index contributed by atoms with van der Waals surface area (Å²) in [6.45, 7) is 0.851. The first-order chi connectivity index (χ1) is 20.8. The van der Waals surface area contributed by atoms with Crippen LogP contribution in [0.1, 0.15) is 11.1 Å². The van der Waals surface area contributed by atoms with Crippen LogP contribution in [0, 0.1) is 10.1 Å². The number of H-pyrrole nitrogens is 1. The van der Waals surface area contributed by atoms with Gasteiger partial charge < -0.3 is 34.3 Å². The van der Waals surface area contributed by atoms with Gasteiger partial charge in [-0.05, 0) is 47.9 Å². The van der Waals surface area contributed by atoms with E-state index in [9.17, 15) is 19.7 Å². The molecule has 43 heavy (non-hydrogen) atoms. The molecule has 0 unspecified atom stereocenters. The second-order valence-corrected chi connectivity index (χ2v) is 9.76. The number of non-ortho nitro benzene ring substituents is 1. The number of nitrogens with zero attached hydrogens (tertiary/aromatic N) is 3. The molecule has 0 aliphatic rings. The van der Waals surface area contributed by atoms with Crippen LogP contribution in [0.2, 0.25) is 0 Å². The summed E-state index contributed by atoms with van der Waals surface area (Å²) in [7, 11) is 4.63. The Hall–Kier alpha value is -5.10. The first kappa shape index (κ1) is 30.8. The number of para-hydroxylation sites is 1. The zero-order valence-corrected chi connectivity index (χ0v) is 24.4. The average molecular weight is 590 g/mol. The van der Waals surface area contributed by atoms with Gasteiger partial charge in [-0.25, -0.2) is 4.79 Å². The number of fused-ring (bicyclic) bond motifs is 1. The van der Waals surface area contributed by atoms with Crippen molar-refractivity contribution in [2.75, 3.05) is 52.9 Å². The van der Waals surface area contributed by atoms with Crippen molar-refractivity contribution in [2.45, 2.75) is 13.0 Å². The molecular weight excluding hydrogens is 554 g/mol. The van der Waals surface area contributed by atoms with Gasteiger partial charge in [-0.15, -0.1) is 0 Å². The van der Waals surface area contributed by atoms with Crippen LogP contribution in [0.4, 0.5) is 16.2 Å². The van der Waals surface area contributed by atoms with Crippen LogP contribution in [0.25, 0.3) is 10.9 Å². The molecule has 12 heteroatoms. The molecule has 12 nitrogen and oxygen atoms in total. The summed E-state index contributed by atoms with van der Waals surface area (Å²) in [4.78, 5) is 43.9. The van der Waals surface area contributed by atoms with Gasteiger partial charge in [-0.1, -0.05) is 24.3 Å². The minimum atomic E-state index is -0.526. The fraction of sp³-hybridized carbons (Fsp3) is 0.290. The molecule has 4 aromatic rings. The molecule has 0 fully saturated rings. The highest BCUT2D eigenvalue weighted by Gasteiger charge is 2.23. The average Bonchev–Trinajstić information content (AvgIpc) is 3.44. The summed E-state index contributed by atoms with van der Waals surface area (Å²) in [5, 5.41) is 14.8. The van der Waals surface area contributed by atoms with Crippen LogP contribution in [0.3, 0.4) is 0 Å². The molecule has 226 valence electrons. The molecule has 3 aromatic carbocycles. The molecule has 1 aromatic heterocycles. The largest absolute Gasteiger partial charge is 0.493 e. The van der Waals surface area contributed by atoms with Gasteiger partial charge in [0.15, 0.2) is 11.5 Å². The number of carbonyl (C=O) groups is 2. The topological polar surface area (TPSA) is 139 Å². The molecule has 0 saturated carbocycles. The van der Waals surface area contributed by atoms with E-state index in [1.807, 2.05) is 42.6 Å². The number of methoxy groups -OCH3 is 3. The van der Waals surface area contributed by atoms with Gasteiger partial charge >= 0.3 is 6.03 Å². The lowest BCUT2D eigenvalue weighted by atomic mass is 10.1. The molecule has 0 bridgehead atoms. The maximum Gasteiger partial charge on any atom is 0.322 e. The number of nitro groups is 1. The number of amides is 3. The summed E-state index contributed by atoms with van der Waals surface area (Å²) >= 11 is 0. The van der Waals surface area contributed by atoms with Gasteiger partial charge in [0.25, 0.3) is 5.69 Å². The number of aromatic nitrogens is 1. The lowest BCUT2D eigenvalue weighted by Gasteiger charge is -2.28. The van der Waals surface area contributed by atoms with Crippen LogP contribution in [-0.4, -0.2) is 79.2 Å². The van der Waals surface area contributed by atoms with Crippen molar-refractivity contribution in [3.8, 4) is 11.5 Å². The minimum Gasteiger partial charge on any atom is -0.493 e. The third kappa shape index (κ3) is 8.01. The van der Waals surface area contributed by atoms with Crippen molar-refractivity contribution in [3.05, 3.63) is 94.2 Å². The number of hydrogen-bond donors (Lipinski definition) is 2. The summed E-state index contributed by atoms with van der Waals surface area (Å²) in [5.41, 5.74) is 3.21. The number of rotatable bonds is 14. The van der Waals surface area contributed by atoms with Gasteiger partial charge in [0.1, 0.15) is 6.54 Å². The van der Waals surface area contributed by atoms with E-state index in [0.717, 1.165) is 22.0 Å². The van der Waals surface area contributed by atoms with E-state index in [4.69, 9.17) is 14.2 Å². The molecule has 0 spiro atoms. The Morgan fingerprint density at radius 3 is 2.37 bits per heavy atom. The first-order valence-corrected chi connectivity index (χ1v) is 13.7. The Kier molecular flexibility index (Phi) is 10.5. The van der Waals surface area contributed by atoms with E-state index in [1.54, 1.807) is 25.2 Å². The third-order valence-electron chi connectivity index (χ3n) is 7.01. The standard InChI is InChI=1S/C31H35N5O7/c1-41-17-16-35(31(38)33-24-9-11-25(12-10-24)36(39)40)21-30(37)34(20-22-8-13-28(42-2)29(18-22)43-3)15-14-23-19-32-27-7-5-4-6-26(23)27/h4-13,18-19,32H,14-17,20-21H2,1-3H3,(H,33,38). The predicted octanol–water partition coefficient (Wildman–Crippen LogP) is 4.85. The molecular formula is C31H35N5O7. The fourth-order valence-electron chi connectivity index (χ4n) is 4.67. The zero-order chi connectivity index (χ0) is 30.8. The van der Waals surface area contributed by atoms with Crippen LogP contribution >= 0.6 is 0 Å². The molecule has 2 N–H and O–H groups in total. The second kappa shape index (κ2) is 14.7. The van der Waals surface area contributed by atoms with Crippen LogP contribution in [0.5, 0.6) is 11.5 Å². The van der Waals surface area contributed by atoms with Crippen molar-refractivity contribution in [1.29, 1.82) is 0 Å². The Morgan fingerprint density at radius 2 is 1.67 bits per heavy atom. The SMILES string of the molecule is COCCN(CC(=O)N(CCc1c[nH]c2ccccc12)Cc1ccc(OC)c(OC)c1)C(=O)Nc1ccc([N+](=O)[O-])cc1. The number of benzene rings is 3. The van der Waals surface area contributed by atoms with Crippen LogP contribution in [-0.2, 0) is 22.5 Å². The highest BCUT2D eigenvalue weighted by Crippen LogP contribution is 2.28. The number of hydrogen-bond acceptors (Lipinski definition) is 7. The van der Waals surface area contributed by atoms with Crippen LogP contribution < -0.4 is 14.8 Å². The number of anilines is 1. The summed E-state index contributed by atoms with van der Waals surface area (Å²) in [5.74, 6) is 0.870. The summed E-state index contributed by atoms with van der Waals surface area (Å²) < 4.78 is 16.0. The predicted molar refractivity (Wildman–Crippen MR) is 163 cm³/mol. The highest BCUT2D eigenvalue weighted by atomic mass is 16.6. The van der Waals surface area contributed by atoms with E-state index in [-0.39, 0.29) is 37.8 Å². The number of carbonyl (C=O) groups excluding carboxylic acids is 2. The van der Waals surface area contributed by atoms with E-state index in [1.165, 1.54) is 36.3 Å². The monoisotopic (exact) mass is 589 g/mol. The Morgan fingerprint density at radius 1 is 0.930 bits per heavy atom.